The summed E-state index contributed by atoms with van der Waals surface area (Å²) in [6.45, 7) is 5.78. The van der Waals surface area contributed by atoms with Gasteiger partial charge < -0.3 is 9.80 Å². The van der Waals surface area contributed by atoms with E-state index in [9.17, 15) is 4.79 Å². The maximum Gasteiger partial charge on any atom is 0.225 e. The molecular weight excluding hydrogens is 200 g/mol. The molecule has 1 aliphatic carbocycles. The van der Waals surface area contributed by atoms with E-state index in [1.807, 2.05) is 11.9 Å². The first kappa shape index (κ1) is 11.9. The second-order valence-corrected chi connectivity index (χ2v) is 5.30. The SMILES string of the molecule is CCCN1CCC(N(C)C(=O)C2CC2)CC1. The van der Waals surface area contributed by atoms with E-state index in [2.05, 4.69) is 11.8 Å². The molecule has 0 spiro atoms. The molecular formula is C13H24N2O. The Bertz CT molecular complexity index is 242. The van der Waals surface area contributed by atoms with Crippen molar-refractivity contribution in [2.24, 2.45) is 5.92 Å². The minimum atomic E-state index is 0.374. The first-order valence-corrected chi connectivity index (χ1v) is 6.71. The average molecular weight is 224 g/mol. The van der Waals surface area contributed by atoms with Crippen LogP contribution in [0.5, 0.6) is 0 Å². The van der Waals surface area contributed by atoms with Gasteiger partial charge in [0.05, 0.1) is 0 Å². The molecule has 1 saturated heterocycles. The lowest BCUT2D eigenvalue weighted by Crippen LogP contribution is -2.46. The van der Waals surface area contributed by atoms with Crippen LogP contribution in [0.1, 0.15) is 39.0 Å². The van der Waals surface area contributed by atoms with Gasteiger partial charge in [-0.2, -0.15) is 0 Å². The predicted molar refractivity (Wildman–Crippen MR) is 65.2 cm³/mol. The summed E-state index contributed by atoms with van der Waals surface area (Å²) in [7, 11) is 2.00. The van der Waals surface area contributed by atoms with Gasteiger partial charge in [-0.15, -0.1) is 0 Å². The molecule has 92 valence electrons. The van der Waals surface area contributed by atoms with Crippen molar-refractivity contribution in [2.45, 2.75) is 45.1 Å². The van der Waals surface area contributed by atoms with E-state index in [-0.39, 0.29) is 0 Å². The molecule has 3 nitrogen and oxygen atoms in total. The third-order valence-electron chi connectivity index (χ3n) is 3.92. The number of hydrogen-bond acceptors (Lipinski definition) is 2. The monoisotopic (exact) mass is 224 g/mol. The third kappa shape index (κ3) is 2.76. The summed E-state index contributed by atoms with van der Waals surface area (Å²) in [5.41, 5.74) is 0. The summed E-state index contributed by atoms with van der Waals surface area (Å²) in [6.07, 6.45) is 5.81. The van der Waals surface area contributed by atoms with Gasteiger partial charge in [-0.25, -0.2) is 0 Å². The molecule has 2 fully saturated rings. The second kappa shape index (κ2) is 5.17. The van der Waals surface area contributed by atoms with Gasteiger partial charge in [0.1, 0.15) is 0 Å². The van der Waals surface area contributed by atoms with E-state index in [0.717, 1.165) is 25.7 Å². The summed E-state index contributed by atoms with van der Waals surface area (Å²) in [5, 5.41) is 0. The molecule has 16 heavy (non-hydrogen) atoms. The highest BCUT2D eigenvalue weighted by molar-refractivity contribution is 5.81. The first-order valence-electron chi connectivity index (χ1n) is 6.71. The number of carbonyl (C=O) groups is 1. The summed E-state index contributed by atoms with van der Waals surface area (Å²) < 4.78 is 0. The van der Waals surface area contributed by atoms with Crippen molar-refractivity contribution in [2.75, 3.05) is 26.7 Å². The standard InChI is InChI=1S/C13H24N2O/c1-3-8-15-9-6-12(7-10-15)14(2)13(16)11-4-5-11/h11-12H,3-10H2,1-2H3. The minimum absolute atomic E-state index is 0.374. The van der Waals surface area contributed by atoms with Gasteiger partial charge >= 0.3 is 0 Å². The van der Waals surface area contributed by atoms with Crippen molar-refractivity contribution >= 4 is 5.91 Å². The first-order chi connectivity index (χ1) is 7.72. The zero-order chi connectivity index (χ0) is 11.5. The molecule has 2 aliphatic rings. The van der Waals surface area contributed by atoms with Gasteiger partial charge in [-0.05, 0) is 38.6 Å². The number of piperidine rings is 1. The van der Waals surface area contributed by atoms with Gasteiger partial charge in [0.2, 0.25) is 5.91 Å². The number of hydrogen-bond donors (Lipinski definition) is 0. The lowest BCUT2D eigenvalue weighted by molar-refractivity contribution is -0.134. The number of carbonyl (C=O) groups excluding carboxylic acids is 1. The van der Waals surface area contributed by atoms with Crippen LogP contribution in [0.25, 0.3) is 0 Å². The Morgan fingerprint density at radius 2 is 1.88 bits per heavy atom. The van der Waals surface area contributed by atoms with Gasteiger partial charge in [0, 0.05) is 32.1 Å². The van der Waals surface area contributed by atoms with E-state index in [1.165, 1.54) is 26.1 Å². The highest BCUT2D eigenvalue weighted by atomic mass is 16.2. The quantitative estimate of drug-likeness (QED) is 0.726. The molecule has 3 heteroatoms. The molecule has 0 bridgehead atoms. The lowest BCUT2D eigenvalue weighted by Gasteiger charge is -2.36. The fourth-order valence-corrected chi connectivity index (χ4v) is 2.64. The molecule has 0 aromatic heterocycles. The Balaban J connectivity index is 1.76. The molecule has 2 rings (SSSR count). The third-order valence-corrected chi connectivity index (χ3v) is 3.92. The van der Waals surface area contributed by atoms with Crippen LogP contribution in [-0.4, -0.2) is 48.4 Å². The van der Waals surface area contributed by atoms with E-state index in [0.29, 0.717) is 17.9 Å². The summed E-state index contributed by atoms with van der Waals surface area (Å²) in [6, 6.07) is 0.501. The van der Waals surface area contributed by atoms with Crippen molar-refractivity contribution < 1.29 is 4.79 Å². The smallest absolute Gasteiger partial charge is 0.225 e. The van der Waals surface area contributed by atoms with E-state index >= 15 is 0 Å². The van der Waals surface area contributed by atoms with Crippen LogP contribution < -0.4 is 0 Å². The number of nitrogens with zero attached hydrogens (tertiary/aromatic N) is 2. The Morgan fingerprint density at radius 3 is 2.38 bits per heavy atom. The van der Waals surface area contributed by atoms with Crippen LogP contribution in [0, 0.1) is 5.92 Å². The van der Waals surface area contributed by atoms with Crippen LogP contribution in [0.15, 0.2) is 0 Å². The minimum Gasteiger partial charge on any atom is -0.342 e. The molecule has 0 unspecified atom stereocenters. The average Bonchev–Trinajstić information content (AvgIpc) is 3.12. The van der Waals surface area contributed by atoms with Gasteiger partial charge in [-0.1, -0.05) is 6.92 Å². The fraction of sp³-hybridized carbons (Fsp3) is 0.923. The fourth-order valence-electron chi connectivity index (χ4n) is 2.64. The lowest BCUT2D eigenvalue weighted by atomic mass is 10.0. The number of rotatable bonds is 4. The summed E-state index contributed by atoms with van der Waals surface area (Å²) >= 11 is 0. The van der Waals surface area contributed by atoms with Crippen molar-refractivity contribution in [1.82, 2.24) is 9.80 Å². The topological polar surface area (TPSA) is 23.6 Å². The Hall–Kier alpha value is -0.570. The van der Waals surface area contributed by atoms with Crippen molar-refractivity contribution in [1.29, 1.82) is 0 Å². The number of likely N-dealkylation sites (tertiary alicyclic amines) is 1. The van der Waals surface area contributed by atoms with Crippen LogP contribution in [0.3, 0.4) is 0 Å². The zero-order valence-electron chi connectivity index (χ0n) is 10.6. The van der Waals surface area contributed by atoms with Crippen molar-refractivity contribution in [3.63, 3.8) is 0 Å². The molecule has 1 heterocycles. The van der Waals surface area contributed by atoms with Gasteiger partial charge in [-0.3, -0.25) is 4.79 Å². The predicted octanol–water partition coefficient (Wildman–Crippen LogP) is 1.73. The zero-order valence-corrected chi connectivity index (χ0v) is 10.6. The van der Waals surface area contributed by atoms with Gasteiger partial charge in [0.25, 0.3) is 0 Å². The van der Waals surface area contributed by atoms with Crippen LogP contribution in [0.4, 0.5) is 0 Å². The Kier molecular flexibility index (Phi) is 3.85. The van der Waals surface area contributed by atoms with E-state index < -0.39 is 0 Å². The maximum absolute atomic E-state index is 11.9. The van der Waals surface area contributed by atoms with Crippen molar-refractivity contribution in [3.05, 3.63) is 0 Å². The second-order valence-electron chi connectivity index (χ2n) is 5.30. The Labute approximate surface area is 98.8 Å². The normalized spacial score (nSPS) is 23.4. The highest BCUT2D eigenvalue weighted by Gasteiger charge is 2.35. The molecule has 1 aliphatic heterocycles. The molecule has 0 radical (unpaired) electrons. The van der Waals surface area contributed by atoms with Crippen LogP contribution >= 0.6 is 0 Å². The Morgan fingerprint density at radius 1 is 1.25 bits per heavy atom. The van der Waals surface area contributed by atoms with E-state index in [1.54, 1.807) is 0 Å². The van der Waals surface area contributed by atoms with Gasteiger partial charge in [0.15, 0.2) is 0 Å². The van der Waals surface area contributed by atoms with Crippen LogP contribution in [0.2, 0.25) is 0 Å². The number of amides is 1. The largest absolute Gasteiger partial charge is 0.342 e. The van der Waals surface area contributed by atoms with Crippen molar-refractivity contribution in [3.8, 4) is 0 Å². The highest BCUT2D eigenvalue weighted by Crippen LogP contribution is 2.32. The maximum atomic E-state index is 11.9. The summed E-state index contributed by atoms with van der Waals surface area (Å²) in [4.78, 5) is 16.5. The van der Waals surface area contributed by atoms with E-state index in [4.69, 9.17) is 0 Å². The molecule has 1 saturated carbocycles. The molecule has 0 aromatic rings. The molecule has 1 amide bonds. The molecule has 0 atom stereocenters. The van der Waals surface area contributed by atoms with Crippen LogP contribution in [-0.2, 0) is 4.79 Å². The summed E-state index contributed by atoms with van der Waals surface area (Å²) in [5.74, 6) is 0.771. The molecule has 0 aromatic carbocycles. The molecule has 0 N–H and O–H groups in total.